The molecule has 0 spiro atoms. The van der Waals surface area contributed by atoms with Gasteiger partial charge in [-0.3, -0.25) is 14.5 Å². The van der Waals surface area contributed by atoms with Gasteiger partial charge in [-0.2, -0.15) is 0 Å². The van der Waals surface area contributed by atoms with Crippen molar-refractivity contribution >= 4 is 17.5 Å². The van der Waals surface area contributed by atoms with E-state index in [1.54, 1.807) is 0 Å². The van der Waals surface area contributed by atoms with Crippen LogP contribution in [0.4, 0.5) is 5.69 Å². The minimum atomic E-state index is -0.0371. The fraction of sp³-hybridized carbons (Fsp3) is 0.429. The molecule has 0 aliphatic carbocycles. The Morgan fingerprint density at radius 1 is 1.06 bits per heavy atom. The average molecular weight is 246 g/mol. The number of hydrogen-bond donors (Lipinski definition) is 0. The van der Waals surface area contributed by atoms with Crippen LogP contribution < -0.4 is 4.90 Å². The van der Waals surface area contributed by atoms with Crippen molar-refractivity contribution in [2.75, 3.05) is 25.5 Å². The van der Waals surface area contributed by atoms with Crippen molar-refractivity contribution in [1.82, 2.24) is 4.90 Å². The molecule has 1 aromatic rings. The molecule has 0 atom stereocenters. The normalized spacial score (nSPS) is 15.3. The Labute approximate surface area is 107 Å². The van der Waals surface area contributed by atoms with Crippen LogP contribution in [0.1, 0.15) is 18.4 Å². The first-order valence-corrected chi connectivity index (χ1v) is 6.17. The lowest BCUT2D eigenvalue weighted by Gasteiger charge is -2.15. The summed E-state index contributed by atoms with van der Waals surface area (Å²) >= 11 is 0. The molecule has 0 radical (unpaired) electrons. The van der Waals surface area contributed by atoms with E-state index >= 15 is 0 Å². The van der Waals surface area contributed by atoms with Crippen LogP contribution in [-0.2, 0) is 16.0 Å². The average Bonchev–Trinajstić information content (AvgIpc) is 2.67. The maximum absolute atomic E-state index is 11.4. The van der Waals surface area contributed by atoms with Crippen molar-refractivity contribution in [2.24, 2.45) is 0 Å². The molecule has 0 aromatic heterocycles. The quantitative estimate of drug-likeness (QED) is 0.755. The first-order valence-electron chi connectivity index (χ1n) is 6.17. The van der Waals surface area contributed by atoms with Gasteiger partial charge >= 0.3 is 0 Å². The summed E-state index contributed by atoms with van der Waals surface area (Å²) in [6, 6.07) is 8.17. The largest absolute Gasteiger partial charge is 0.378 e. The smallest absolute Gasteiger partial charge is 0.229 e. The molecule has 1 aromatic carbocycles. The zero-order valence-electron chi connectivity index (χ0n) is 10.8. The van der Waals surface area contributed by atoms with Crippen LogP contribution in [-0.4, -0.2) is 37.4 Å². The number of anilines is 1. The SMILES string of the molecule is CN(C)c1ccc(CCN2C(=O)CCC2=O)cc1. The molecule has 4 nitrogen and oxygen atoms in total. The Hall–Kier alpha value is -1.84. The van der Waals surface area contributed by atoms with Crippen molar-refractivity contribution < 1.29 is 9.59 Å². The molecule has 96 valence electrons. The molecule has 0 unspecified atom stereocenters. The van der Waals surface area contributed by atoms with Gasteiger partial charge in [0.05, 0.1) is 0 Å². The molecule has 1 aliphatic rings. The lowest BCUT2D eigenvalue weighted by molar-refractivity contribution is -0.138. The summed E-state index contributed by atoms with van der Waals surface area (Å²) in [5, 5.41) is 0. The van der Waals surface area contributed by atoms with Crippen LogP contribution in [0.15, 0.2) is 24.3 Å². The van der Waals surface area contributed by atoms with Crippen LogP contribution in [0.2, 0.25) is 0 Å². The topological polar surface area (TPSA) is 40.6 Å². The second kappa shape index (κ2) is 5.21. The third kappa shape index (κ3) is 2.70. The van der Waals surface area contributed by atoms with E-state index in [1.165, 1.54) is 4.90 Å². The van der Waals surface area contributed by atoms with Crippen molar-refractivity contribution in [3.8, 4) is 0 Å². The van der Waals surface area contributed by atoms with Gasteiger partial charge in [0.2, 0.25) is 11.8 Å². The zero-order valence-corrected chi connectivity index (χ0v) is 10.8. The molecule has 1 heterocycles. The number of benzene rings is 1. The molecule has 0 saturated carbocycles. The van der Waals surface area contributed by atoms with Gasteiger partial charge in [0.25, 0.3) is 0 Å². The van der Waals surface area contributed by atoms with Gasteiger partial charge in [-0.15, -0.1) is 0 Å². The van der Waals surface area contributed by atoms with Crippen LogP contribution >= 0.6 is 0 Å². The maximum atomic E-state index is 11.4. The van der Waals surface area contributed by atoms with Crippen molar-refractivity contribution in [1.29, 1.82) is 0 Å². The number of carbonyl (C=O) groups is 2. The van der Waals surface area contributed by atoms with E-state index in [-0.39, 0.29) is 11.8 Å². The van der Waals surface area contributed by atoms with Gasteiger partial charge in [0.1, 0.15) is 0 Å². The van der Waals surface area contributed by atoms with Crippen LogP contribution in [0.5, 0.6) is 0 Å². The number of nitrogens with zero attached hydrogens (tertiary/aromatic N) is 2. The summed E-state index contributed by atoms with van der Waals surface area (Å²) in [6.07, 6.45) is 1.47. The van der Waals surface area contributed by atoms with E-state index < -0.39 is 0 Å². The van der Waals surface area contributed by atoms with Gasteiger partial charge in [-0.25, -0.2) is 0 Å². The summed E-state index contributed by atoms with van der Waals surface area (Å²) in [5.41, 5.74) is 2.29. The highest BCUT2D eigenvalue weighted by molar-refractivity contribution is 6.01. The fourth-order valence-corrected chi connectivity index (χ4v) is 2.07. The van der Waals surface area contributed by atoms with Crippen LogP contribution in [0.3, 0.4) is 0 Å². The standard InChI is InChI=1S/C14H18N2O2/c1-15(2)12-5-3-11(4-6-12)9-10-16-13(17)7-8-14(16)18/h3-6H,7-10H2,1-2H3. The van der Waals surface area contributed by atoms with Crippen molar-refractivity contribution in [3.05, 3.63) is 29.8 Å². The number of hydrogen-bond acceptors (Lipinski definition) is 3. The molecule has 2 rings (SSSR count). The molecule has 0 N–H and O–H groups in total. The van der Waals surface area contributed by atoms with Gasteiger partial charge in [0, 0.05) is 39.2 Å². The number of carbonyl (C=O) groups excluding carboxylic acids is 2. The molecule has 0 bridgehead atoms. The summed E-state index contributed by atoms with van der Waals surface area (Å²) in [6.45, 7) is 0.499. The van der Waals surface area contributed by atoms with E-state index in [1.807, 2.05) is 43.3 Å². The number of likely N-dealkylation sites (tertiary alicyclic amines) is 1. The van der Waals surface area contributed by atoms with Crippen molar-refractivity contribution in [3.63, 3.8) is 0 Å². The summed E-state index contributed by atoms with van der Waals surface area (Å²) < 4.78 is 0. The van der Waals surface area contributed by atoms with Crippen LogP contribution in [0.25, 0.3) is 0 Å². The summed E-state index contributed by atoms with van der Waals surface area (Å²) in [5.74, 6) is -0.0742. The maximum Gasteiger partial charge on any atom is 0.229 e. The van der Waals surface area contributed by atoms with E-state index in [0.717, 1.165) is 17.7 Å². The minimum absolute atomic E-state index is 0.0371. The fourth-order valence-electron chi connectivity index (χ4n) is 2.07. The summed E-state index contributed by atoms with van der Waals surface area (Å²) in [4.78, 5) is 26.3. The van der Waals surface area contributed by atoms with Gasteiger partial charge in [-0.05, 0) is 24.1 Å². The first-order chi connectivity index (χ1) is 8.58. The molecule has 1 saturated heterocycles. The molecular weight excluding hydrogens is 228 g/mol. The minimum Gasteiger partial charge on any atom is -0.378 e. The van der Waals surface area contributed by atoms with Gasteiger partial charge in [-0.1, -0.05) is 12.1 Å². The first kappa shape index (κ1) is 12.6. The Bertz CT molecular complexity index is 435. The van der Waals surface area contributed by atoms with Crippen molar-refractivity contribution in [2.45, 2.75) is 19.3 Å². The Kier molecular flexibility index (Phi) is 3.65. The lowest BCUT2D eigenvalue weighted by atomic mass is 10.1. The van der Waals surface area contributed by atoms with E-state index in [2.05, 4.69) is 0 Å². The number of amides is 2. The predicted octanol–water partition coefficient (Wildman–Crippen LogP) is 1.44. The molecule has 4 heteroatoms. The number of rotatable bonds is 4. The third-order valence-corrected chi connectivity index (χ3v) is 3.23. The van der Waals surface area contributed by atoms with E-state index in [9.17, 15) is 9.59 Å². The third-order valence-electron chi connectivity index (χ3n) is 3.23. The lowest BCUT2D eigenvalue weighted by Crippen LogP contribution is -2.31. The highest BCUT2D eigenvalue weighted by atomic mass is 16.2. The second-order valence-corrected chi connectivity index (χ2v) is 4.75. The Morgan fingerprint density at radius 2 is 1.61 bits per heavy atom. The second-order valence-electron chi connectivity index (χ2n) is 4.75. The highest BCUT2D eigenvalue weighted by Gasteiger charge is 2.27. The number of imide groups is 1. The van der Waals surface area contributed by atoms with E-state index in [4.69, 9.17) is 0 Å². The monoisotopic (exact) mass is 246 g/mol. The zero-order chi connectivity index (χ0) is 13.1. The Balaban J connectivity index is 1.94. The molecule has 18 heavy (non-hydrogen) atoms. The van der Waals surface area contributed by atoms with Gasteiger partial charge < -0.3 is 4.90 Å². The molecule has 1 aliphatic heterocycles. The molecular formula is C14H18N2O2. The summed E-state index contributed by atoms with van der Waals surface area (Å²) in [7, 11) is 3.99. The molecule has 1 fully saturated rings. The van der Waals surface area contributed by atoms with Crippen LogP contribution in [0, 0.1) is 0 Å². The predicted molar refractivity (Wildman–Crippen MR) is 70.4 cm³/mol. The highest BCUT2D eigenvalue weighted by Crippen LogP contribution is 2.15. The Morgan fingerprint density at radius 3 is 2.11 bits per heavy atom. The molecule has 2 amide bonds. The van der Waals surface area contributed by atoms with Gasteiger partial charge in [0.15, 0.2) is 0 Å². The van der Waals surface area contributed by atoms with E-state index in [0.29, 0.717) is 19.4 Å².